The summed E-state index contributed by atoms with van der Waals surface area (Å²) < 4.78 is 67.9. The predicted molar refractivity (Wildman–Crippen MR) is 130 cm³/mol. The number of rotatable bonds is 6. The Morgan fingerprint density at radius 1 is 1.17 bits per heavy atom. The Labute approximate surface area is 212 Å². The minimum atomic E-state index is -4.83. The van der Waals surface area contributed by atoms with Gasteiger partial charge in [0.25, 0.3) is 10.0 Å². The number of benzene rings is 1. The number of sulfonamides is 1. The van der Waals surface area contributed by atoms with E-state index < -0.39 is 21.8 Å². The van der Waals surface area contributed by atoms with Gasteiger partial charge in [-0.2, -0.15) is 17.5 Å². The molecule has 2 saturated heterocycles. The largest absolute Gasteiger partial charge is 0.421 e. The molecule has 3 unspecified atom stereocenters. The van der Waals surface area contributed by atoms with Gasteiger partial charge in [0.15, 0.2) is 5.60 Å². The second-order valence-corrected chi connectivity index (χ2v) is 12.5. The molecular formula is C23H29F3N4O4S2. The van der Waals surface area contributed by atoms with Crippen molar-refractivity contribution in [3.63, 3.8) is 0 Å². The van der Waals surface area contributed by atoms with Crippen molar-refractivity contribution in [1.29, 1.82) is 0 Å². The molecule has 1 amide bonds. The van der Waals surface area contributed by atoms with Crippen molar-refractivity contribution in [3.8, 4) is 0 Å². The first kappa shape index (κ1) is 26.9. The van der Waals surface area contributed by atoms with Gasteiger partial charge in [0.1, 0.15) is 4.21 Å². The van der Waals surface area contributed by atoms with E-state index in [-0.39, 0.29) is 47.4 Å². The highest BCUT2D eigenvalue weighted by atomic mass is 32.2. The van der Waals surface area contributed by atoms with Gasteiger partial charge in [0, 0.05) is 44.5 Å². The highest BCUT2D eigenvalue weighted by Crippen LogP contribution is 2.39. The second kappa shape index (κ2) is 9.93. The highest BCUT2D eigenvalue weighted by Gasteiger charge is 2.51. The van der Waals surface area contributed by atoms with Crippen LogP contribution in [-0.2, 0) is 20.4 Å². The molecular weight excluding hydrogens is 517 g/mol. The van der Waals surface area contributed by atoms with E-state index in [1.54, 1.807) is 17.5 Å². The number of alkyl halides is 3. The number of hydrogen-bond acceptors (Lipinski definition) is 7. The van der Waals surface area contributed by atoms with Crippen molar-refractivity contribution in [1.82, 2.24) is 14.5 Å². The van der Waals surface area contributed by atoms with Crippen LogP contribution in [0.3, 0.4) is 0 Å². The molecule has 2 aliphatic rings. The fraction of sp³-hybridized carbons (Fsp3) is 0.522. The van der Waals surface area contributed by atoms with Crippen LogP contribution in [0.2, 0.25) is 0 Å². The summed E-state index contributed by atoms with van der Waals surface area (Å²) in [6.45, 7) is 4.41. The lowest BCUT2D eigenvalue weighted by Crippen LogP contribution is -2.62. The molecule has 2 aromatic rings. The lowest BCUT2D eigenvalue weighted by Gasteiger charge is -2.45. The third kappa shape index (κ3) is 5.25. The first-order valence-corrected chi connectivity index (χ1v) is 13.8. The second-order valence-electron chi connectivity index (χ2n) is 9.34. The van der Waals surface area contributed by atoms with Crippen molar-refractivity contribution in [2.45, 2.75) is 41.9 Å². The number of nitrogens with one attached hydrogen (secondary N) is 1. The van der Waals surface area contributed by atoms with Crippen LogP contribution in [0.1, 0.15) is 19.4 Å². The number of amides is 1. The average molecular weight is 547 g/mol. The number of hydrogen-bond donors (Lipinski definition) is 2. The maximum Gasteiger partial charge on any atom is 0.421 e. The van der Waals surface area contributed by atoms with Crippen molar-refractivity contribution in [2.75, 3.05) is 44.2 Å². The molecule has 1 aromatic heterocycles. The van der Waals surface area contributed by atoms with Crippen molar-refractivity contribution >= 4 is 33.0 Å². The Morgan fingerprint density at radius 2 is 1.86 bits per heavy atom. The van der Waals surface area contributed by atoms with Gasteiger partial charge in [-0.05, 0) is 43.0 Å². The minimum Gasteiger partial charge on any atom is -0.376 e. The molecule has 1 aromatic carbocycles. The van der Waals surface area contributed by atoms with Gasteiger partial charge in [-0.3, -0.25) is 9.69 Å². The number of carbonyl (C=O) groups excluding carboxylic acids is 1. The zero-order valence-electron chi connectivity index (χ0n) is 19.9. The smallest absolute Gasteiger partial charge is 0.376 e. The summed E-state index contributed by atoms with van der Waals surface area (Å²) in [5.41, 5.74) is -2.66. The monoisotopic (exact) mass is 546 g/mol. The van der Waals surface area contributed by atoms with Gasteiger partial charge in [-0.1, -0.05) is 18.2 Å². The lowest BCUT2D eigenvalue weighted by molar-refractivity contribution is -0.258. The molecule has 3 atom stereocenters. The quantitative estimate of drug-likeness (QED) is 0.578. The van der Waals surface area contributed by atoms with Crippen molar-refractivity contribution < 1.29 is 31.5 Å². The molecule has 2 fully saturated rings. The van der Waals surface area contributed by atoms with Crippen LogP contribution in [0.4, 0.5) is 18.9 Å². The molecule has 198 valence electrons. The zero-order valence-corrected chi connectivity index (χ0v) is 21.5. The maximum absolute atomic E-state index is 13.3. The molecule has 2 aliphatic heterocycles. The lowest BCUT2D eigenvalue weighted by atomic mass is 9.95. The SMILES string of the molecule is CC1CNC(=O)CN1CC1CN(S(=O)(=O)c2cccs2)CCN1c1ccc(C(C)(O)C(F)(F)F)cc1. The van der Waals surface area contributed by atoms with E-state index in [0.717, 1.165) is 11.3 Å². The molecule has 0 aliphatic carbocycles. The Balaban J connectivity index is 1.61. The normalized spacial score (nSPS) is 24.4. The number of thiophene rings is 1. The number of anilines is 1. The number of aliphatic hydroxyl groups is 1. The molecule has 3 heterocycles. The van der Waals surface area contributed by atoms with Gasteiger partial charge in [0.05, 0.1) is 12.6 Å². The summed E-state index contributed by atoms with van der Waals surface area (Å²) in [6.07, 6.45) is -4.83. The molecule has 2 N–H and O–H groups in total. The van der Waals surface area contributed by atoms with Crippen molar-refractivity contribution in [3.05, 3.63) is 47.3 Å². The molecule has 0 bridgehead atoms. The van der Waals surface area contributed by atoms with E-state index in [9.17, 15) is 31.5 Å². The van der Waals surface area contributed by atoms with Crippen LogP contribution in [0.25, 0.3) is 0 Å². The Hall–Kier alpha value is -2.19. The standard InChI is InChI=1S/C23H29F3N4O4S2/c1-16-12-27-20(31)15-28(16)13-19-14-29(36(33,34)21-4-3-11-35-21)9-10-30(19)18-7-5-17(6-8-18)22(2,32)23(24,25)26/h3-8,11,16,19,32H,9-10,12-15H2,1-2H3,(H,27,31). The number of piperazine rings is 2. The number of nitrogens with zero attached hydrogens (tertiary/aromatic N) is 3. The molecule has 0 radical (unpaired) electrons. The molecule has 13 heteroatoms. The Morgan fingerprint density at radius 3 is 2.47 bits per heavy atom. The van der Waals surface area contributed by atoms with E-state index in [1.807, 2.05) is 16.7 Å². The average Bonchev–Trinajstić information content (AvgIpc) is 3.37. The minimum absolute atomic E-state index is 0.0399. The predicted octanol–water partition coefficient (Wildman–Crippen LogP) is 2.22. The summed E-state index contributed by atoms with van der Waals surface area (Å²) in [5.74, 6) is -0.114. The van der Waals surface area contributed by atoms with Crippen molar-refractivity contribution in [2.24, 2.45) is 0 Å². The number of carbonyl (C=O) groups is 1. The van der Waals surface area contributed by atoms with Crippen LogP contribution < -0.4 is 10.2 Å². The fourth-order valence-corrected chi connectivity index (χ4v) is 7.13. The first-order valence-electron chi connectivity index (χ1n) is 11.5. The fourth-order valence-electron chi connectivity index (χ4n) is 4.52. The van der Waals surface area contributed by atoms with Crippen LogP contribution in [0, 0.1) is 0 Å². The molecule has 0 saturated carbocycles. The van der Waals surface area contributed by atoms with E-state index in [2.05, 4.69) is 5.32 Å². The summed E-state index contributed by atoms with van der Waals surface area (Å²) >= 11 is 1.14. The maximum atomic E-state index is 13.3. The van der Waals surface area contributed by atoms with Gasteiger partial charge >= 0.3 is 6.18 Å². The summed E-state index contributed by atoms with van der Waals surface area (Å²) in [4.78, 5) is 16.0. The van der Waals surface area contributed by atoms with Gasteiger partial charge in [0.2, 0.25) is 5.91 Å². The molecule has 0 spiro atoms. The Kier molecular flexibility index (Phi) is 7.41. The summed E-state index contributed by atoms with van der Waals surface area (Å²) in [5, 5.41) is 14.5. The van der Waals surface area contributed by atoms with Gasteiger partial charge in [-0.15, -0.1) is 11.3 Å². The third-order valence-corrected chi connectivity index (χ3v) is 10.1. The number of halogens is 3. The molecule has 8 nitrogen and oxygen atoms in total. The van der Waals surface area contributed by atoms with E-state index >= 15 is 0 Å². The van der Waals surface area contributed by atoms with Crippen LogP contribution in [0.5, 0.6) is 0 Å². The third-order valence-electron chi connectivity index (χ3n) is 6.86. The molecule has 36 heavy (non-hydrogen) atoms. The molecule has 4 rings (SSSR count). The Bertz CT molecular complexity index is 1170. The zero-order chi connectivity index (χ0) is 26.3. The highest BCUT2D eigenvalue weighted by molar-refractivity contribution is 7.91. The van der Waals surface area contributed by atoms with E-state index in [0.29, 0.717) is 32.2 Å². The summed E-state index contributed by atoms with van der Waals surface area (Å²) in [6, 6.07) is 8.43. The van der Waals surface area contributed by atoms with E-state index in [4.69, 9.17) is 0 Å². The van der Waals surface area contributed by atoms with E-state index in [1.165, 1.54) is 28.6 Å². The topological polar surface area (TPSA) is 93.2 Å². The summed E-state index contributed by atoms with van der Waals surface area (Å²) in [7, 11) is -3.70. The first-order chi connectivity index (χ1) is 16.8. The van der Waals surface area contributed by atoms with Gasteiger partial charge in [-0.25, -0.2) is 8.42 Å². The van der Waals surface area contributed by atoms with Crippen LogP contribution in [0.15, 0.2) is 46.0 Å². The van der Waals surface area contributed by atoms with Crippen LogP contribution >= 0.6 is 11.3 Å². The van der Waals surface area contributed by atoms with Gasteiger partial charge < -0.3 is 15.3 Å². The van der Waals surface area contributed by atoms with Crippen LogP contribution in [-0.4, -0.2) is 86.2 Å².